The number of thioether (sulfide) groups is 1. The second kappa shape index (κ2) is 7.44. The van der Waals surface area contributed by atoms with Gasteiger partial charge in [0, 0.05) is 12.8 Å². The molecule has 1 atom stereocenters. The third-order valence-electron chi connectivity index (χ3n) is 2.84. The molecule has 0 spiro atoms. The standard InChI is InChI=1S/C11H21N5O2S/c1-5-12-11(2,9(17)18-4)7-6-8-19-10-13-14-15-16(10)3/h12H,5-8H2,1-4H3. The SMILES string of the molecule is CCNC(C)(CCCSc1nnnn1C)C(=O)OC. The van der Waals surface area contributed by atoms with E-state index in [9.17, 15) is 4.79 Å². The molecular formula is C11H21N5O2S. The Morgan fingerprint density at radius 1 is 1.58 bits per heavy atom. The van der Waals surface area contributed by atoms with E-state index in [4.69, 9.17) is 4.74 Å². The fraction of sp³-hybridized carbons (Fsp3) is 0.818. The lowest BCUT2D eigenvalue weighted by Crippen LogP contribution is -2.50. The summed E-state index contributed by atoms with van der Waals surface area (Å²) in [6.07, 6.45) is 1.59. The highest BCUT2D eigenvalue weighted by molar-refractivity contribution is 7.99. The monoisotopic (exact) mass is 287 g/mol. The first-order chi connectivity index (χ1) is 9.03. The number of esters is 1. The van der Waals surface area contributed by atoms with Crippen molar-refractivity contribution in [2.75, 3.05) is 19.4 Å². The van der Waals surface area contributed by atoms with E-state index >= 15 is 0 Å². The number of aromatic nitrogens is 4. The van der Waals surface area contributed by atoms with Crippen LogP contribution in [0.3, 0.4) is 0 Å². The summed E-state index contributed by atoms with van der Waals surface area (Å²) >= 11 is 1.58. The molecule has 1 rings (SSSR count). The average Bonchev–Trinajstić information content (AvgIpc) is 2.79. The fourth-order valence-corrected chi connectivity index (χ4v) is 2.60. The number of carbonyl (C=O) groups excluding carboxylic acids is 1. The minimum Gasteiger partial charge on any atom is -0.468 e. The van der Waals surface area contributed by atoms with Gasteiger partial charge in [-0.15, -0.1) is 5.10 Å². The van der Waals surface area contributed by atoms with Gasteiger partial charge in [-0.2, -0.15) is 0 Å². The average molecular weight is 287 g/mol. The third-order valence-corrected chi connectivity index (χ3v) is 3.93. The maximum atomic E-state index is 11.8. The molecule has 0 radical (unpaired) electrons. The molecule has 1 unspecified atom stereocenters. The highest BCUT2D eigenvalue weighted by Crippen LogP contribution is 2.19. The predicted octanol–water partition coefficient (Wildman–Crippen LogP) is 0.624. The molecule has 8 heteroatoms. The summed E-state index contributed by atoms with van der Waals surface area (Å²) in [7, 11) is 3.22. The van der Waals surface area contributed by atoms with Gasteiger partial charge in [0.05, 0.1) is 7.11 Å². The van der Waals surface area contributed by atoms with Crippen molar-refractivity contribution in [2.24, 2.45) is 7.05 Å². The molecule has 19 heavy (non-hydrogen) atoms. The van der Waals surface area contributed by atoms with Crippen molar-refractivity contribution in [1.29, 1.82) is 0 Å². The maximum Gasteiger partial charge on any atom is 0.325 e. The van der Waals surface area contributed by atoms with Crippen molar-refractivity contribution in [3.05, 3.63) is 0 Å². The van der Waals surface area contributed by atoms with Crippen molar-refractivity contribution in [1.82, 2.24) is 25.5 Å². The van der Waals surface area contributed by atoms with E-state index < -0.39 is 5.54 Å². The van der Waals surface area contributed by atoms with Crippen molar-refractivity contribution < 1.29 is 9.53 Å². The Morgan fingerprint density at radius 3 is 2.84 bits per heavy atom. The lowest BCUT2D eigenvalue weighted by atomic mass is 9.96. The molecule has 1 N–H and O–H groups in total. The lowest BCUT2D eigenvalue weighted by molar-refractivity contribution is -0.148. The van der Waals surface area contributed by atoms with Crippen LogP contribution in [-0.4, -0.2) is 51.1 Å². The van der Waals surface area contributed by atoms with Crippen molar-refractivity contribution in [3.63, 3.8) is 0 Å². The largest absolute Gasteiger partial charge is 0.468 e. The number of aryl methyl sites for hydroxylation is 1. The van der Waals surface area contributed by atoms with E-state index in [1.54, 1.807) is 23.5 Å². The van der Waals surface area contributed by atoms with Gasteiger partial charge < -0.3 is 10.1 Å². The Hall–Kier alpha value is -1.15. The van der Waals surface area contributed by atoms with Crippen LogP contribution in [0.2, 0.25) is 0 Å². The number of hydrogen-bond acceptors (Lipinski definition) is 7. The van der Waals surface area contributed by atoms with Crippen molar-refractivity contribution in [2.45, 2.75) is 37.4 Å². The predicted molar refractivity (Wildman–Crippen MR) is 72.9 cm³/mol. The summed E-state index contributed by atoms with van der Waals surface area (Å²) in [4.78, 5) is 11.8. The molecule has 1 heterocycles. The molecule has 7 nitrogen and oxygen atoms in total. The quantitative estimate of drug-likeness (QED) is 0.426. The smallest absolute Gasteiger partial charge is 0.325 e. The molecule has 0 amide bonds. The zero-order chi connectivity index (χ0) is 14.3. The van der Waals surface area contributed by atoms with Crippen LogP contribution < -0.4 is 5.32 Å². The Labute approximate surface area is 117 Å². The van der Waals surface area contributed by atoms with E-state index in [1.165, 1.54) is 7.11 Å². The van der Waals surface area contributed by atoms with Crippen LogP contribution in [0.1, 0.15) is 26.7 Å². The van der Waals surface area contributed by atoms with Gasteiger partial charge in [-0.3, -0.25) is 4.79 Å². The summed E-state index contributed by atoms with van der Waals surface area (Å²) in [5.41, 5.74) is -0.623. The van der Waals surface area contributed by atoms with Gasteiger partial charge in [0.1, 0.15) is 5.54 Å². The van der Waals surface area contributed by atoms with E-state index in [-0.39, 0.29) is 5.97 Å². The second-order valence-corrected chi connectivity index (χ2v) is 5.45. The lowest BCUT2D eigenvalue weighted by Gasteiger charge is -2.27. The van der Waals surface area contributed by atoms with Crippen molar-refractivity contribution in [3.8, 4) is 0 Å². The molecule has 0 aliphatic rings. The number of methoxy groups -OCH3 is 1. The minimum absolute atomic E-state index is 0.223. The first kappa shape index (κ1) is 15.9. The van der Waals surface area contributed by atoms with E-state index in [0.29, 0.717) is 6.42 Å². The highest BCUT2D eigenvalue weighted by Gasteiger charge is 2.32. The first-order valence-corrected chi connectivity index (χ1v) is 7.20. The number of likely N-dealkylation sites (N-methyl/N-ethyl adjacent to an activating group) is 1. The zero-order valence-electron chi connectivity index (χ0n) is 11.8. The molecule has 108 valence electrons. The van der Waals surface area contributed by atoms with Gasteiger partial charge in [-0.1, -0.05) is 18.7 Å². The van der Waals surface area contributed by atoms with Gasteiger partial charge in [0.2, 0.25) is 5.16 Å². The molecule has 0 aliphatic carbocycles. The summed E-state index contributed by atoms with van der Waals surface area (Å²) in [6.45, 7) is 4.57. The van der Waals surface area contributed by atoms with Crippen LogP contribution in [0.25, 0.3) is 0 Å². The molecule has 0 bridgehead atoms. The minimum atomic E-state index is -0.623. The number of rotatable bonds is 8. The molecule has 0 fully saturated rings. The van der Waals surface area contributed by atoms with Crippen molar-refractivity contribution >= 4 is 17.7 Å². The normalized spacial score (nSPS) is 14.1. The van der Waals surface area contributed by atoms with Crippen LogP contribution in [0, 0.1) is 0 Å². The highest BCUT2D eigenvalue weighted by atomic mass is 32.2. The molecule has 0 saturated carbocycles. The van der Waals surface area contributed by atoms with E-state index in [1.807, 2.05) is 13.8 Å². The number of nitrogens with one attached hydrogen (secondary N) is 1. The van der Waals surface area contributed by atoms with Gasteiger partial charge in [-0.25, -0.2) is 4.68 Å². The first-order valence-electron chi connectivity index (χ1n) is 6.22. The van der Waals surface area contributed by atoms with Crippen LogP contribution in [0.15, 0.2) is 5.16 Å². The Balaban J connectivity index is 2.40. The summed E-state index contributed by atoms with van der Waals surface area (Å²) in [5.74, 6) is 0.631. The Kier molecular flexibility index (Phi) is 6.23. The van der Waals surface area contributed by atoms with Gasteiger partial charge in [0.25, 0.3) is 0 Å². The molecule has 0 saturated heterocycles. The van der Waals surface area contributed by atoms with Crippen LogP contribution in [0.5, 0.6) is 0 Å². The number of carbonyl (C=O) groups is 1. The molecular weight excluding hydrogens is 266 g/mol. The molecule has 0 aromatic carbocycles. The summed E-state index contributed by atoms with van der Waals surface area (Å²) in [5, 5.41) is 15.2. The van der Waals surface area contributed by atoms with Gasteiger partial charge >= 0.3 is 5.97 Å². The number of ether oxygens (including phenoxy) is 1. The number of nitrogens with zero attached hydrogens (tertiary/aromatic N) is 4. The van der Waals surface area contributed by atoms with Gasteiger partial charge in [-0.05, 0) is 36.7 Å². The second-order valence-electron chi connectivity index (χ2n) is 4.39. The number of tetrazole rings is 1. The fourth-order valence-electron chi connectivity index (χ4n) is 1.81. The molecule has 1 aromatic rings. The Morgan fingerprint density at radius 2 is 2.32 bits per heavy atom. The van der Waals surface area contributed by atoms with Crippen LogP contribution in [-0.2, 0) is 16.6 Å². The van der Waals surface area contributed by atoms with E-state index in [2.05, 4.69) is 20.8 Å². The number of hydrogen-bond donors (Lipinski definition) is 1. The third kappa shape index (κ3) is 4.46. The van der Waals surface area contributed by atoms with E-state index in [0.717, 1.165) is 23.9 Å². The zero-order valence-corrected chi connectivity index (χ0v) is 12.7. The van der Waals surface area contributed by atoms with Crippen LogP contribution >= 0.6 is 11.8 Å². The van der Waals surface area contributed by atoms with Crippen LogP contribution in [0.4, 0.5) is 0 Å². The summed E-state index contributed by atoms with van der Waals surface area (Å²) in [6, 6.07) is 0. The molecule has 1 aromatic heterocycles. The molecule has 0 aliphatic heterocycles. The van der Waals surface area contributed by atoms with Gasteiger partial charge in [0.15, 0.2) is 0 Å². The maximum absolute atomic E-state index is 11.8. The Bertz CT molecular complexity index is 412. The topological polar surface area (TPSA) is 81.9 Å². The summed E-state index contributed by atoms with van der Waals surface area (Å²) < 4.78 is 6.48.